The van der Waals surface area contributed by atoms with Crippen molar-refractivity contribution >= 4 is 11.4 Å². The molecule has 2 aromatic carbocycles. The van der Waals surface area contributed by atoms with Gasteiger partial charge in [0.15, 0.2) is 0 Å². The summed E-state index contributed by atoms with van der Waals surface area (Å²) in [6.45, 7) is 5.12. The summed E-state index contributed by atoms with van der Waals surface area (Å²) in [5.41, 5.74) is 7.91. The van der Waals surface area contributed by atoms with E-state index in [9.17, 15) is 4.79 Å². The van der Waals surface area contributed by atoms with Gasteiger partial charge >= 0.3 is 0 Å². The SMILES string of the molecule is O=c1cc(N2CCOC(c3cccc4c3Oc3ccc(NC5CCN(Cc6cccc(C7CC7)n6)CC5)cc3C4)C2)cc[nH]1. The summed E-state index contributed by atoms with van der Waals surface area (Å²) < 4.78 is 12.8. The molecular formula is C36H39N5O3. The number of anilines is 2. The summed E-state index contributed by atoms with van der Waals surface area (Å²) in [6.07, 6.45) is 7.23. The van der Waals surface area contributed by atoms with Gasteiger partial charge in [0.05, 0.1) is 12.3 Å². The van der Waals surface area contributed by atoms with Crippen LogP contribution in [0.4, 0.5) is 11.4 Å². The molecule has 2 aromatic heterocycles. The van der Waals surface area contributed by atoms with Crippen LogP contribution in [0.2, 0.25) is 0 Å². The first kappa shape index (κ1) is 27.4. The smallest absolute Gasteiger partial charge is 0.249 e. The highest BCUT2D eigenvalue weighted by molar-refractivity contribution is 5.59. The monoisotopic (exact) mass is 589 g/mol. The standard InChI is InChI=1S/C36H39N5O3/c42-35-21-30(11-14-37-35)41-17-18-43-34(23-41)31-5-1-3-25-19-26-20-28(9-10-33(26)44-36(25)31)38-27-12-15-40(16-13-27)22-29-4-2-6-32(39-29)24-7-8-24/h1-6,9-11,14,20-21,24,27,34,38H,7-8,12-13,15-19,22-23H2,(H,37,42). The number of aromatic amines is 1. The first-order valence-electron chi connectivity index (χ1n) is 16.1. The molecule has 0 radical (unpaired) electrons. The van der Waals surface area contributed by atoms with Gasteiger partial charge in [-0.2, -0.15) is 0 Å². The number of nitrogens with zero attached hydrogens (tertiary/aromatic N) is 3. The number of morpholine rings is 1. The number of para-hydroxylation sites is 1. The predicted octanol–water partition coefficient (Wildman–Crippen LogP) is 6.00. The van der Waals surface area contributed by atoms with Crippen LogP contribution in [0.15, 0.2) is 77.7 Å². The maximum Gasteiger partial charge on any atom is 0.249 e. The number of hydrogen-bond donors (Lipinski definition) is 2. The Morgan fingerprint density at radius 2 is 1.82 bits per heavy atom. The number of benzene rings is 2. The van der Waals surface area contributed by atoms with E-state index in [4.69, 9.17) is 14.5 Å². The fourth-order valence-electron chi connectivity index (χ4n) is 6.94. The number of rotatable bonds is 7. The molecule has 4 aromatic rings. The highest BCUT2D eigenvalue weighted by Crippen LogP contribution is 2.43. The van der Waals surface area contributed by atoms with Crippen molar-refractivity contribution in [3.63, 3.8) is 0 Å². The van der Waals surface area contributed by atoms with Crippen molar-refractivity contribution in [3.05, 3.63) is 111 Å². The highest BCUT2D eigenvalue weighted by Gasteiger charge is 2.29. The van der Waals surface area contributed by atoms with Crippen LogP contribution in [-0.2, 0) is 17.7 Å². The van der Waals surface area contributed by atoms with Gasteiger partial charge in [-0.25, -0.2) is 0 Å². The summed E-state index contributed by atoms with van der Waals surface area (Å²) in [7, 11) is 0. The van der Waals surface area contributed by atoms with Gasteiger partial charge in [0.1, 0.15) is 17.6 Å². The molecule has 226 valence electrons. The fraction of sp³-hybridized carbons (Fsp3) is 0.389. The zero-order chi connectivity index (χ0) is 29.5. The second-order valence-corrected chi connectivity index (χ2v) is 12.7. The van der Waals surface area contributed by atoms with Crippen molar-refractivity contribution in [2.45, 2.75) is 56.7 Å². The van der Waals surface area contributed by atoms with Crippen LogP contribution in [0.25, 0.3) is 0 Å². The van der Waals surface area contributed by atoms with Gasteiger partial charge in [-0.1, -0.05) is 24.3 Å². The van der Waals surface area contributed by atoms with Crippen molar-refractivity contribution in [1.29, 1.82) is 0 Å². The topological polar surface area (TPSA) is 82.7 Å². The third kappa shape index (κ3) is 5.84. The number of H-pyrrole nitrogens is 1. The van der Waals surface area contributed by atoms with Crippen LogP contribution >= 0.6 is 0 Å². The van der Waals surface area contributed by atoms with Crippen molar-refractivity contribution in [2.75, 3.05) is 43.0 Å². The summed E-state index contributed by atoms with van der Waals surface area (Å²) >= 11 is 0. The molecule has 2 N–H and O–H groups in total. The Labute approximate surface area is 258 Å². The number of piperidine rings is 1. The van der Waals surface area contributed by atoms with E-state index in [1.165, 1.54) is 35.4 Å². The van der Waals surface area contributed by atoms with Crippen LogP contribution < -0.4 is 20.5 Å². The minimum absolute atomic E-state index is 0.0930. The van der Waals surface area contributed by atoms with E-state index in [0.717, 1.165) is 73.9 Å². The Morgan fingerprint density at radius 3 is 2.68 bits per heavy atom. The molecule has 0 spiro atoms. The first-order valence-corrected chi connectivity index (χ1v) is 16.1. The fourth-order valence-corrected chi connectivity index (χ4v) is 6.94. The third-order valence-corrected chi connectivity index (χ3v) is 9.49. The largest absolute Gasteiger partial charge is 0.456 e. The molecule has 0 bridgehead atoms. The number of hydrogen-bond acceptors (Lipinski definition) is 7. The lowest BCUT2D eigenvalue weighted by molar-refractivity contribution is 0.0384. The third-order valence-electron chi connectivity index (χ3n) is 9.49. The van der Waals surface area contributed by atoms with Gasteiger partial charge in [0, 0.05) is 91.6 Å². The number of likely N-dealkylation sites (tertiary alicyclic amines) is 1. The predicted molar refractivity (Wildman–Crippen MR) is 172 cm³/mol. The van der Waals surface area contributed by atoms with Gasteiger partial charge in [0.2, 0.25) is 5.56 Å². The zero-order valence-electron chi connectivity index (χ0n) is 25.0. The Kier molecular flexibility index (Phi) is 7.32. The highest BCUT2D eigenvalue weighted by atomic mass is 16.5. The molecule has 0 amide bonds. The van der Waals surface area contributed by atoms with Crippen molar-refractivity contribution in [2.24, 2.45) is 0 Å². The molecule has 1 saturated carbocycles. The average molecular weight is 590 g/mol. The molecule has 8 nitrogen and oxygen atoms in total. The summed E-state index contributed by atoms with van der Waals surface area (Å²) in [4.78, 5) is 24.3. The molecule has 8 rings (SSSR count). The van der Waals surface area contributed by atoms with E-state index in [1.54, 1.807) is 12.3 Å². The molecule has 8 heteroatoms. The molecule has 3 aliphatic heterocycles. The Morgan fingerprint density at radius 1 is 0.932 bits per heavy atom. The summed E-state index contributed by atoms with van der Waals surface area (Å²) in [5.74, 6) is 2.52. The Bertz CT molecular complexity index is 1710. The lowest BCUT2D eigenvalue weighted by atomic mass is 9.95. The van der Waals surface area contributed by atoms with Gasteiger partial charge in [-0.15, -0.1) is 0 Å². The molecule has 4 aliphatic rings. The summed E-state index contributed by atoms with van der Waals surface area (Å²) in [5, 5.41) is 3.81. The van der Waals surface area contributed by atoms with Gasteiger partial charge in [-0.3, -0.25) is 14.7 Å². The quantitative estimate of drug-likeness (QED) is 0.241. The number of aromatic nitrogens is 2. The van der Waals surface area contributed by atoms with E-state index < -0.39 is 0 Å². The second-order valence-electron chi connectivity index (χ2n) is 12.7. The lowest BCUT2D eigenvalue weighted by Gasteiger charge is -2.36. The molecular weight excluding hydrogens is 550 g/mol. The van der Waals surface area contributed by atoms with Crippen molar-refractivity contribution < 1.29 is 9.47 Å². The normalized spacial score (nSPS) is 20.5. The van der Waals surface area contributed by atoms with Crippen LogP contribution in [0, 0.1) is 0 Å². The number of pyridine rings is 2. The Balaban J connectivity index is 0.903. The molecule has 1 atom stereocenters. The van der Waals surface area contributed by atoms with Crippen molar-refractivity contribution in [1.82, 2.24) is 14.9 Å². The average Bonchev–Trinajstić information content (AvgIpc) is 3.91. The second kappa shape index (κ2) is 11.7. The Hall–Kier alpha value is -4.14. The van der Waals surface area contributed by atoms with Gasteiger partial charge in [-0.05, 0) is 67.6 Å². The van der Waals surface area contributed by atoms with Crippen LogP contribution in [0.5, 0.6) is 11.5 Å². The van der Waals surface area contributed by atoms with Gasteiger partial charge < -0.3 is 24.7 Å². The minimum Gasteiger partial charge on any atom is -0.456 e. The van der Waals surface area contributed by atoms with E-state index in [2.05, 4.69) is 74.7 Å². The van der Waals surface area contributed by atoms with E-state index in [0.29, 0.717) is 25.1 Å². The first-order chi connectivity index (χ1) is 21.6. The van der Waals surface area contributed by atoms with Crippen LogP contribution in [0.1, 0.15) is 65.8 Å². The zero-order valence-corrected chi connectivity index (χ0v) is 25.0. The van der Waals surface area contributed by atoms with Gasteiger partial charge in [0.25, 0.3) is 0 Å². The molecule has 1 unspecified atom stereocenters. The molecule has 3 fully saturated rings. The van der Waals surface area contributed by atoms with E-state index in [1.807, 2.05) is 6.07 Å². The van der Waals surface area contributed by atoms with Crippen LogP contribution in [-0.4, -0.2) is 53.7 Å². The number of nitrogens with one attached hydrogen (secondary N) is 2. The molecule has 44 heavy (non-hydrogen) atoms. The van der Waals surface area contributed by atoms with Crippen molar-refractivity contribution in [3.8, 4) is 11.5 Å². The van der Waals surface area contributed by atoms with Crippen LogP contribution in [0.3, 0.4) is 0 Å². The number of ether oxygens (including phenoxy) is 2. The minimum atomic E-state index is -0.135. The van der Waals surface area contributed by atoms with E-state index >= 15 is 0 Å². The summed E-state index contributed by atoms with van der Waals surface area (Å²) in [6, 6.07) is 23.5. The molecule has 1 aliphatic carbocycles. The molecule has 2 saturated heterocycles. The lowest BCUT2D eigenvalue weighted by Crippen LogP contribution is -2.39. The maximum atomic E-state index is 11.9. The maximum absolute atomic E-state index is 11.9. The molecule has 5 heterocycles. The van der Waals surface area contributed by atoms with E-state index in [-0.39, 0.29) is 11.7 Å². The number of fused-ring (bicyclic) bond motifs is 2.